The van der Waals surface area contributed by atoms with Crippen LogP contribution in [0.1, 0.15) is 47.7 Å². The van der Waals surface area contributed by atoms with Crippen LogP contribution in [0, 0.1) is 0 Å². The number of unbranched alkanes of at least 4 members (excludes halogenated alkanes) is 3. The smallest absolute Gasteiger partial charge is 0.336 e. The van der Waals surface area contributed by atoms with E-state index in [-0.39, 0.29) is 34.1 Å². The van der Waals surface area contributed by atoms with Crippen LogP contribution in [-0.4, -0.2) is 61.3 Å². The first-order valence-electron chi connectivity index (χ1n) is 15.7. The number of hydrogen-bond donors (Lipinski definition) is 3. The Morgan fingerprint density at radius 1 is 0.872 bits per heavy atom. The first-order valence-corrected chi connectivity index (χ1v) is 16.6. The van der Waals surface area contributed by atoms with Crippen LogP contribution in [0.5, 0.6) is 5.75 Å². The molecule has 0 bridgehead atoms. The van der Waals surface area contributed by atoms with Gasteiger partial charge >= 0.3 is 5.97 Å². The number of fused-ring (bicyclic) bond motifs is 4. The minimum absolute atomic E-state index is 0.0760. The van der Waals surface area contributed by atoms with Crippen molar-refractivity contribution in [2.45, 2.75) is 38.0 Å². The van der Waals surface area contributed by atoms with Gasteiger partial charge in [0.05, 0.1) is 30.4 Å². The van der Waals surface area contributed by atoms with E-state index in [2.05, 4.69) is 5.32 Å². The van der Waals surface area contributed by atoms with Crippen LogP contribution in [-0.2, 0) is 14.2 Å². The highest BCUT2D eigenvalue weighted by atomic mass is 35.5. The Balaban J connectivity index is 1.18. The van der Waals surface area contributed by atoms with Gasteiger partial charge < -0.3 is 28.8 Å². The highest BCUT2D eigenvalue weighted by molar-refractivity contribution is 6.33. The summed E-state index contributed by atoms with van der Waals surface area (Å²) >= 11 is 12.0. The van der Waals surface area contributed by atoms with Gasteiger partial charge in [0.25, 0.3) is 0 Å². The molecule has 0 aliphatic carbocycles. The molecule has 1 saturated heterocycles. The Morgan fingerprint density at radius 3 is 2.47 bits per heavy atom. The minimum Gasteiger partial charge on any atom is -0.506 e. The highest BCUT2D eigenvalue weighted by Crippen LogP contribution is 2.44. The van der Waals surface area contributed by atoms with Gasteiger partial charge in [0.15, 0.2) is 5.43 Å². The lowest BCUT2D eigenvalue weighted by Gasteiger charge is -2.16. The fraction of sp³-hybridized carbons (Fsp3) is 0.333. The first kappa shape index (κ1) is 33.2. The number of halogens is 2. The lowest BCUT2D eigenvalue weighted by Crippen LogP contribution is -2.24. The monoisotopic (exact) mass is 679 g/mol. The number of ether oxygens (including phenoxy) is 3. The molecule has 5 aromatic rings. The summed E-state index contributed by atoms with van der Waals surface area (Å²) < 4.78 is 23.3. The van der Waals surface area contributed by atoms with E-state index in [1.807, 2.05) is 6.07 Å². The van der Waals surface area contributed by atoms with Gasteiger partial charge in [-0.15, -0.1) is 11.6 Å². The van der Waals surface area contributed by atoms with Crippen LogP contribution in [0.3, 0.4) is 0 Å². The van der Waals surface area contributed by atoms with E-state index in [0.29, 0.717) is 76.1 Å². The largest absolute Gasteiger partial charge is 0.506 e. The lowest BCUT2D eigenvalue weighted by atomic mass is 9.90. The Hall–Kier alpha value is -3.70. The zero-order chi connectivity index (χ0) is 32.9. The molecular weight excluding hydrogens is 645 g/mol. The normalized spacial score (nSPS) is 16.0. The van der Waals surface area contributed by atoms with E-state index in [1.165, 1.54) is 18.2 Å². The summed E-state index contributed by atoms with van der Waals surface area (Å²) in [4.78, 5) is 24.7. The van der Waals surface area contributed by atoms with Gasteiger partial charge in [-0.05, 0) is 65.8 Å². The van der Waals surface area contributed by atoms with Crippen LogP contribution < -0.4 is 10.7 Å². The summed E-state index contributed by atoms with van der Waals surface area (Å²) in [6, 6.07) is 16.5. The standard InChI is InChI=1S/C36H35Cl2NO8/c37-11-3-1-2-4-13-44-15-16-45-14-12-39-35-33(47-35)22-6-8-25(27(18-22)36(42)43)32-26-9-5-21-17-23(40)7-10-24(21)34(26)46-31-20-30(41)29(38)19-28(31)32/h5-10,17-20,33,35,39,41H,1-4,11-16H2,(H,42,43). The van der Waals surface area contributed by atoms with Gasteiger partial charge in [-0.25, -0.2) is 4.79 Å². The number of phenols is 1. The molecule has 1 fully saturated rings. The number of phenolic OH excluding ortho intramolecular Hbond substituents is 1. The molecule has 0 amide bonds. The molecule has 1 aromatic heterocycles. The molecule has 6 rings (SSSR count). The third-order valence-corrected chi connectivity index (χ3v) is 8.81. The number of aromatic carboxylic acids is 1. The van der Waals surface area contributed by atoms with E-state index in [1.54, 1.807) is 36.4 Å². The average Bonchev–Trinajstić information content (AvgIpc) is 3.84. The third kappa shape index (κ3) is 7.56. The summed E-state index contributed by atoms with van der Waals surface area (Å²) in [5.74, 6) is -0.571. The Bertz CT molecular complexity index is 1980. The van der Waals surface area contributed by atoms with Crippen molar-refractivity contribution in [1.82, 2.24) is 5.32 Å². The van der Waals surface area contributed by atoms with Crippen LogP contribution >= 0.6 is 23.2 Å². The van der Waals surface area contributed by atoms with E-state index >= 15 is 0 Å². The van der Waals surface area contributed by atoms with Crippen LogP contribution in [0.25, 0.3) is 43.8 Å². The number of nitrogens with one attached hydrogen (secondary N) is 1. The molecule has 246 valence electrons. The second-order valence-electron chi connectivity index (χ2n) is 11.5. The fourth-order valence-corrected chi connectivity index (χ4v) is 6.21. The minimum atomic E-state index is -1.11. The molecule has 11 heteroatoms. The van der Waals surface area contributed by atoms with Crippen molar-refractivity contribution >= 4 is 61.9 Å². The van der Waals surface area contributed by atoms with Crippen molar-refractivity contribution in [3.05, 3.63) is 87.0 Å². The lowest BCUT2D eigenvalue weighted by molar-refractivity contribution is 0.0467. The quantitative estimate of drug-likeness (QED) is 0.0316. The molecular formula is C36H35Cl2NO8. The number of epoxide rings is 1. The Morgan fingerprint density at radius 2 is 1.66 bits per heavy atom. The van der Waals surface area contributed by atoms with Gasteiger partial charge in [0.2, 0.25) is 0 Å². The number of hydrogen-bond acceptors (Lipinski definition) is 8. The van der Waals surface area contributed by atoms with E-state index in [0.717, 1.165) is 37.9 Å². The molecule has 3 N–H and O–H groups in total. The highest BCUT2D eigenvalue weighted by Gasteiger charge is 2.40. The number of aromatic hydroxyl groups is 1. The summed E-state index contributed by atoms with van der Waals surface area (Å²) in [6.07, 6.45) is 3.76. The molecule has 0 saturated carbocycles. The summed E-state index contributed by atoms with van der Waals surface area (Å²) in [5.41, 5.74) is 2.46. The van der Waals surface area contributed by atoms with Crippen molar-refractivity contribution in [3.8, 4) is 16.9 Å². The molecule has 0 radical (unpaired) electrons. The topological polar surface area (TPSA) is 131 Å². The maximum Gasteiger partial charge on any atom is 0.336 e. The van der Waals surface area contributed by atoms with Crippen molar-refractivity contribution in [3.63, 3.8) is 0 Å². The number of alkyl halides is 1. The second kappa shape index (κ2) is 15.0. The summed E-state index contributed by atoms with van der Waals surface area (Å²) in [6.45, 7) is 2.85. The summed E-state index contributed by atoms with van der Waals surface area (Å²) in [5, 5.41) is 26.7. The molecule has 1 aliphatic heterocycles. The number of carboxylic acid groups (broad SMARTS) is 1. The zero-order valence-electron chi connectivity index (χ0n) is 25.6. The van der Waals surface area contributed by atoms with Gasteiger partial charge in [-0.3, -0.25) is 10.1 Å². The van der Waals surface area contributed by atoms with E-state index < -0.39 is 5.97 Å². The van der Waals surface area contributed by atoms with Crippen LogP contribution in [0.2, 0.25) is 5.02 Å². The SMILES string of the molecule is O=C(O)c1cc(C2OC2NCCOCCOCCCCCCCl)ccc1-c1c2cc(Cl)c(O)cc2oc2c1ccc1cc(=O)ccc12. The van der Waals surface area contributed by atoms with Crippen molar-refractivity contribution < 1.29 is 33.6 Å². The molecule has 2 unspecified atom stereocenters. The van der Waals surface area contributed by atoms with Gasteiger partial charge in [0, 0.05) is 46.8 Å². The van der Waals surface area contributed by atoms with E-state index in [4.69, 9.17) is 41.8 Å². The molecule has 4 aromatic carbocycles. The van der Waals surface area contributed by atoms with Crippen molar-refractivity contribution in [2.75, 3.05) is 38.9 Å². The third-order valence-electron chi connectivity index (χ3n) is 8.24. The number of carboxylic acids is 1. The predicted molar refractivity (Wildman–Crippen MR) is 183 cm³/mol. The fourth-order valence-electron chi connectivity index (χ4n) is 5.86. The number of benzene rings is 4. The van der Waals surface area contributed by atoms with E-state index in [9.17, 15) is 19.8 Å². The molecule has 0 spiro atoms. The molecule has 1 aliphatic rings. The Kier molecular flexibility index (Phi) is 10.6. The maximum absolute atomic E-state index is 12.7. The maximum atomic E-state index is 12.7. The predicted octanol–water partition coefficient (Wildman–Crippen LogP) is 7.64. The van der Waals surface area contributed by atoms with Crippen molar-refractivity contribution in [1.29, 1.82) is 0 Å². The molecule has 47 heavy (non-hydrogen) atoms. The van der Waals surface area contributed by atoms with Crippen molar-refractivity contribution in [2.24, 2.45) is 0 Å². The van der Waals surface area contributed by atoms with Gasteiger partial charge in [-0.2, -0.15) is 0 Å². The molecule has 2 atom stereocenters. The second-order valence-corrected chi connectivity index (χ2v) is 12.3. The van der Waals surface area contributed by atoms with Crippen LogP contribution in [0.15, 0.2) is 69.9 Å². The van der Waals surface area contributed by atoms with Gasteiger partial charge in [-0.1, -0.05) is 42.6 Å². The first-order chi connectivity index (χ1) is 22.9. The number of carbonyl (C=O) groups is 1. The van der Waals surface area contributed by atoms with Crippen LogP contribution in [0.4, 0.5) is 0 Å². The average molecular weight is 681 g/mol. The Labute approximate surface area is 280 Å². The zero-order valence-corrected chi connectivity index (χ0v) is 27.1. The summed E-state index contributed by atoms with van der Waals surface area (Å²) in [7, 11) is 0. The molecule has 2 heterocycles. The van der Waals surface area contributed by atoms with Gasteiger partial charge in [0.1, 0.15) is 29.2 Å². The number of rotatable bonds is 16. The molecule has 9 nitrogen and oxygen atoms in total.